The number of nitrogens with zero attached hydrogens (tertiary/aromatic N) is 1. The fourth-order valence-corrected chi connectivity index (χ4v) is 3.29. The number of carbonyl (C=O) groups excluding carboxylic acids is 3. The highest BCUT2D eigenvalue weighted by Gasteiger charge is 2.31. The largest absolute Gasteiger partial charge is 0.465 e. The molecule has 0 heterocycles. The van der Waals surface area contributed by atoms with Crippen molar-refractivity contribution in [2.24, 2.45) is 0 Å². The van der Waals surface area contributed by atoms with Gasteiger partial charge in [-0.2, -0.15) is 0 Å². The number of hydrogen-bond acceptors (Lipinski definition) is 5. The Bertz CT molecular complexity index is 957. The van der Waals surface area contributed by atoms with Gasteiger partial charge in [-0.05, 0) is 32.9 Å². The summed E-state index contributed by atoms with van der Waals surface area (Å²) in [4.78, 5) is 39.7. The third-order valence-electron chi connectivity index (χ3n) is 4.86. The standard InChI is InChI=1S/C23H23NO4/c1-4-28-21(25)14-24(17-11-9-15(2)10-12-17)13-20-16(3)22(26)18-7-5-6-8-19(18)23(20)27/h5-12H,4,13-14H2,1-3H3. The molecule has 1 aliphatic rings. The smallest absolute Gasteiger partial charge is 0.325 e. The number of aryl methyl sites for hydroxylation is 1. The van der Waals surface area contributed by atoms with E-state index >= 15 is 0 Å². The number of carbonyl (C=O) groups is 3. The van der Waals surface area contributed by atoms with Crippen molar-refractivity contribution >= 4 is 23.2 Å². The molecule has 0 saturated heterocycles. The second-order valence-electron chi connectivity index (χ2n) is 6.80. The molecule has 144 valence electrons. The Kier molecular flexibility index (Phi) is 5.73. The second kappa shape index (κ2) is 8.21. The molecule has 28 heavy (non-hydrogen) atoms. The summed E-state index contributed by atoms with van der Waals surface area (Å²) >= 11 is 0. The molecule has 0 atom stereocenters. The molecule has 0 unspecified atom stereocenters. The van der Waals surface area contributed by atoms with E-state index in [2.05, 4.69) is 0 Å². The van der Waals surface area contributed by atoms with Crippen molar-refractivity contribution in [2.45, 2.75) is 20.8 Å². The van der Waals surface area contributed by atoms with Crippen molar-refractivity contribution in [1.29, 1.82) is 0 Å². The summed E-state index contributed by atoms with van der Waals surface area (Å²) in [6.07, 6.45) is 0. The minimum absolute atomic E-state index is 0.00318. The monoisotopic (exact) mass is 377 g/mol. The maximum absolute atomic E-state index is 13.1. The summed E-state index contributed by atoms with van der Waals surface area (Å²) in [6.45, 7) is 5.84. The van der Waals surface area contributed by atoms with Crippen LogP contribution in [-0.4, -0.2) is 37.2 Å². The van der Waals surface area contributed by atoms with Gasteiger partial charge in [-0.15, -0.1) is 0 Å². The van der Waals surface area contributed by atoms with Crippen LogP contribution in [0, 0.1) is 6.92 Å². The van der Waals surface area contributed by atoms with Crippen LogP contribution in [0.1, 0.15) is 40.1 Å². The fourth-order valence-electron chi connectivity index (χ4n) is 3.29. The third kappa shape index (κ3) is 3.88. The van der Waals surface area contributed by atoms with Gasteiger partial charge >= 0.3 is 5.97 Å². The summed E-state index contributed by atoms with van der Waals surface area (Å²) in [5.41, 5.74) is 3.55. The Hall–Kier alpha value is -3.21. The number of esters is 1. The van der Waals surface area contributed by atoms with Crippen molar-refractivity contribution in [1.82, 2.24) is 0 Å². The lowest BCUT2D eigenvalue weighted by Crippen LogP contribution is -2.36. The minimum atomic E-state index is -0.378. The first-order chi connectivity index (χ1) is 13.4. The van der Waals surface area contributed by atoms with E-state index < -0.39 is 0 Å². The van der Waals surface area contributed by atoms with Crippen LogP contribution < -0.4 is 4.90 Å². The molecular weight excluding hydrogens is 354 g/mol. The van der Waals surface area contributed by atoms with Crippen LogP contribution in [0.5, 0.6) is 0 Å². The molecule has 5 nitrogen and oxygen atoms in total. The van der Waals surface area contributed by atoms with Gasteiger partial charge in [0.05, 0.1) is 6.61 Å². The van der Waals surface area contributed by atoms with Crippen molar-refractivity contribution in [3.63, 3.8) is 0 Å². The Morgan fingerprint density at radius 2 is 1.54 bits per heavy atom. The van der Waals surface area contributed by atoms with Gasteiger partial charge < -0.3 is 9.64 Å². The van der Waals surface area contributed by atoms with Crippen molar-refractivity contribution in [3.05, 3.63) is 76.4 Å². The quantitative estimate of drug-likeness (QED) is 0.717. The van der Waals surface area contributed by atoms with E-state index in [0.717, 1.165) is 11.3 Å². The molecule has 0 aromatic heterocycles. The van der Waals surface area contributed by atoms with Crippen LogP contribution in [0.15, 0.2) is 59.7 Å². The number of benzene rings is 2. The van der Waals surface area contributed by atoms with E-state index in [1.807, 2.05) is 31.2 Å². The van der Waals surface area contributed by atoms with Gasteiger partial charge in [0.15, 0.2) is 11.6 Å². The Labute approximate surface area is 164 Å². The van der Waals surface area contributed by atoms with E-state index in [4.69, 9.17) is 4.74 Å². The normalized spacial score (nSPS) is 13.4. The van der Waals surface area contributed by atoms with Gasteiger partial charge in [0.1, 0.15) is 6.54 Å². The first-order valence-electron chi connectivity index (χ1n) is 9.27. The van der Waals surface area contributed by atoms with Gasteiger partial charge in [-0.1, -0.05) is 42.0 Å². The van der Waals surface area contributed by atoms with Crippen LogP contribution in [0.25, 0.3) is 0 Å². The zero-order chi connectivity index (χ0) is 20.3. The van der Waals surface area contributed by atoms with E-state index in [1.165, 1.54) is 0 Å². The number of fused-ring (bicyclic) bond motifs is 1. The number of allylic oxidation sites excluding steroid dienone is 1. The fraction of sp³-hybridized carbons (Fsp3) is 0.261. The molecule has 0 fully saturated rings. The molecule has 5 heteroatoms. The molecule has 0 radical (unpaired) electrons. The molecule has 0 N–H and O–H groups in total. The summed E-state index contributed by atoms with van der Waals surface area (Å²) < 4.78 is 5.09. The zero-order valence-corrected chi connectivity index (χ0v) is 16.3. The lowest BCUT2D eigenvalue weighted by Gasteiger charge is -2.27. The molecule has 3 rings (SSSR count). The average molecular weight is 377 g/mol. The molecule has 2 aromatic carbocycles. The number of ketones is 2. The topological polar surface area (TPSA) is 63.7 Å². The first-order valence-corrected chi connectivity index (χ1v) is 9.27. The third-order valence-corrected chi connectivity index (χ3v) is 4.86. The summed E-state index contributed by atoms with van der Waals surface area (Å²) in [7, 11) is 0. The Morgan fingerprint density at radius 3 is 2.14 bits per heavy atom. The molecule has 0 amide bonds. The molecule has 0 spiro atoms. The van der Waals surface area contributed by atoms with Gasteiger partial charge in [0, 0.05) is 34.5 Å². The van der Waals surface area contributed by atoms with Crippen LogP contribution >= 0.6 is 0 Å². The van der Waals surface area contributed by atoms with Gasteiger partial charge in [-0.25, -0.2) is 0 Å². The molecule has 0 bridgehead atoms. The number of rotatable bonds is 6. The van der Waals surface area contributed by atoms with E-state index in [-0.39, 0.29) is 37.2 Å². The summed E-state index contributed by atoms with van der Waals surface area (Å²) in [6, 6.07) is 14.5. The van der Waals surface area contributed by atoms with Crippen LogP contribution in [0.3, 0.4) is 0 Å². The molecule has 2 aromatic rings. The molecular formula is C23H23NO4. The average Bonchev–Trinajstić information content (AvgIpc) is 2.69. The van der Waals surface area contributed by atoms with Crippen LogP contribution in [0.2, 0.25) is 0 Å². The highest BCUT2D eigenvalue weighted by molar-refractivity contribution is 6.27. The van der Waals surface area contributed by atoms with Crippen LogP contribution in [-0.2, 0) is 9.53 Å². The maximum atomic E-state index is 13.1. The van der Waals surface area contributed by atoms with Gasteiger partial charge in [-0.3, -0.25) is 14.4 Å². The summed E-state index contributed by atoms with van der Waals surface area (Å²) in [5.74, 6) is -0.699. The highest BCUT2D eigenvalue weighted by Crippen LogP contribution is 2.28. The van der Waals surface area contributed by atoms with Crippen LogP contribution in [0.4, 0.5) is 5.69 Å². The van der Waals surface area contributed by atoms with Gasteiger partial charge in [0.25, 0.3) is 0 Å². The zero-order valence-electron chi connectivity index (χ0n) is 16.3. The Balaban J connectivity index is 1.96. The predicted molar refractivity (Wildman–Crippen MR) is 108 cm³/mol. The van der Waals surface area contributed by atoms with E-state index in [9.17, 15) is 14.4 Å². The van der Waals surface area contributed by atoms with Gasteiger partial charge in [0.2, 0.25) is 0 Å². The SMILES string of the molecule is CCOC(=O)CN(CC1=C(C)C(=O)c2ccccc2C1=O)c1ccc(C)cc1. The van der Waals surface area contributed by atoms with E-state index in [0.29, 0.717) is 22.3 Å². The van der Waals surface area contributed by atoms with Crippen molar-refractivity contribution in [3.8, 4) is 0 Å². The number of ether oxygens (including phenoxy) is 1. The molecule has 1 aliphatic carbocycles. The number of anilines is 1. The lowest BCUT2D eigenvalue weighted by atomic mass is 9.84. The maximum Gasteiger partial charge on any atom is 0.325 e. The first kappa shape index (κ1) is 19.5. The Morgan fingerprint density at radius 1 is 0.929 bits per heavy atom. The lowest BCUT2D eigenvalue weighted by molar-refractivity contribution is -0.141. The minimum Gasteiger partial charge on any atom is -0.465 e. The van der Waals surface area contributed by atoms with Crippen molar-refractivity contribution in [2.75, 3.05) is 24.6 Å². The number of hydrogen-bond donors (Lipinski definition) is 0. The van der Waals surface area contributed by atoms with E-state index in [1.54, 1.807) is 43.0 Å². The highest BCUT2D eigenvalue weighted by atomic mass is 16.5. The number of Topliss-reactive ketones (excluding diaryl/α,β-unsaturated/α-hetero) is 2. The summed E-state index contributed by atoms with van der Waals surface area (Å²) in [5, 5.41) is 0. The molecule has 0 saturated carbocycles. The second-order valence-corrected chi connectivity index (χ2v) is 6.80. The van der Waals surface area contributed by atoms with Crippen molar-refractivity contribution < 1.29 is 19.1 Å². The molecule has 0 aliphatic heterocycles. The predicted octanol–water partition coefficient (Wildman–Crippen LogP) is 3.76.